The van der Waals surface area contributed by atoms with E-state index < -0.39 is 0 Å². The minimum atomic E-state index is -0.249. The Bertz CT molecular complexity index is 1020. The van der Waals surface area contributed by atoms with Gasteiger partial charge in [-0.05, 0) is 54.7 Å². The van der Waals surface area contributed by atoms with Crippen LogP contribution in [0.2, 0.25) is 0 Å². The molecule has 6 nitrogen and oxygen atoms in total. The first-order chi connectivity index (χ1) is 14.0. The number of unbranched alkanes of at least 4 members (excludes halogenated alkanes) is 2. The maximum absolute atomic E-state index is 11.3. The number of rotatable bonds is 10. The summed E-state index contributed by atoms with van der Waals surface area (Å²) in [6.07, 6.45) is 3.60. The number of carbonyl (C=O) groups excluding carboxylic acids is 1. The molecule has 0 fully saturated rings. The summed E-state index contributed by atoms with van der Waals surface area (Å²) in [7, 11) is 0. The molecule has 0 saturated heterocycles. The molecule has 2 N–H and O–H groups in total. The summed E-state index contributed by atoms with van der Waals surface area (Å²) < 4.78 is 10.7. The van der Waals surface area contributed by atoms with Crippen molar-refractivity contribution in [2.45, 2.75) is 39.0 Å². The Morgan fingerprint density at radius 2 is 1.90 bits per heavy atom. The minimum absolute atomic E-state index is 0.0499. The van der Waals surface area contributed by atoms with Gasteiger partial charge in [0.05, 0.1) is 18.1 Å². The van der Waals surface area contributed by atoms with E-state index >= 15 is 0 Å². The SMILES string of the molecule is CCOC(=O)CCCCCOc1ccc2cc(Cc3sc(=O)[nH]c3O)ccc2c1. The quantitative estimate of drug-likeness (QED) is 0.379. The summed E-state index contributed by atoms with van der Waals surface area (Å²) >= 11 is 1.03. The lowest BCUT2D eigenvalue weighted by molar-refractivity contribution is -0.143. The van der Waals surface area contributed by atoms with Crippen LogP contribution in [0.1, 0.15) is 43.0 Å². The molecular formula is C22H25NO5S. The zero-order chi connectivity index (χ0) is 20.6. The molecule has 0 spiro atoms. The third-order valence-corrected chi connectivity index (χ3v) is 5.41. The van der Waals surface area contributed by atoms with Crippen molar-refractivity contribution >= 4 is 28.1 Å². The topological polar surface area (TPSA) is 88.6 Å². The fraction of sp³-hybridized carbons (Fsp3) is 0.364. The number of benzene rings is 2. The number of thiazole rings is 1. The highest BCUT2D eigenvalue weighted by atomic mass is 32.1. The largest absolute Gasteiger partial charge is 0.494 e. The first-order valence-corrected chi connectivity index (χ1v) is 10.6. The Morgan fingerprint density at radius 1 is 1.10 bits per heavy atom. The molecule has 2 aromatic carbocycles. The molecule has 0 amide bonds. The third kappa shape index (κ3) is 6.09. The van der Waals surface area contributed by atoms with Crippen molar-refractivity contribution in [1.29, 1.82) is 0 Å². The molecule has 1 heterocycles. The Hall–Kier alpha value is -2.80. The lowest BCUT2D eigenvalue weighted by Crippen LogP contribution is -2.04. The molecular weight excluding hydrogens is 390 g/mol. The molecule has 154 valence electrons. The van der Waals surface area contributed by atoms with Crippen molar-refractivity contribution < 1.29 is 19.4 Å². The van der Waals surface area contributed by atoms with Crippen LogP contribution in [-0.2, 0) is 16.0 Å². The van der Waals surface area contributed by atoms with E-state index in [1.165, 1.54) is 0 Å². The van der Waals surface area contributed by atoms with E-state index in [1.807, 2.05) is 37.3 Å². The van der Waals surface area contributed by atoms with Crippen molar-refractivity contribution in [3.8, 4) is 11.6 Å². The lowest BCUT2D eigenvalue weighted by Gasteiger charge is -2.08. The van der Waals surface area contributed by atoms with Crippen LogP contribution in [-0.4, -0.2) is 29.3 Å². The molecule has 7 heteroatoms. The molecule has 3 rings (SSSR count). The van der Waals surface area contributed by atoms with Crippen LogP contribution in [0, 0.1) is 0 Å². The highest BCUT2D eigenvalue weighted by Crippen LogP contribution is 2.25. The Kier molecular flexibility index (Phi) is 7.30. The molecule has 0 aliphatic carbocycles. The molecule has 3 aromatic rings. The van der Waals surface area contributed by atoms with Gasteiger partial charge in [0.15, 0.2) is 0 Å². The van der Waals surface area contributed by atoms with Crippen LogP contribution in [0.15, 0.2) is 41.2 Å². The van der Waals surface area contributed by atoms with Crippen LogP contribution in [0.3, 0.4) is 0 Å². The number of nitrogens with one attached hydrogen (secondary N) is 1. The molecule has 0 saturated carbocycles. The summed E-state index contributed by atoms with van der Waals surface area (Å²) in [5, 5.41) is 11.9. The fourth-order valence-electron chi connectivity index (χ4n) is 3.10. The zero-order valence-electron chi connectivity index (χ0n) is 16.4. The minimum Gasteiger partial charge on any atom is -0.494 e. The average molecular weight is 416 g/mol. The van der Waals surface area contributed by atoms with Gasteiger partial charge in [0.25, 0.3) is 0 Å². The first kappa shape index (κ1) is 20.9. The van der Waals surface area contributed by atoms with Gasteiger partial charge in [0.2, 0.25) is 5.88 Å². The van der Waals surface area contributed by atoms with E-state index in [2.05, 4.69) is 11.1 Å². The second-order valence-electron chi connectivity index (χ2n) is 6.77. The summed E-state index contributed by atoms with van der Waals surface area (Å²) in [4.78, 5) is 25.4. The molecule has 0 unspecified atom stereocenters. The summed E-state index contributed by atoms with van der Waals surface area (Å²) in [5.41, 5.74) is 1.03. The molecule has 1 aromatic heterocycles. The van der Waals surface area contributed by atoms with Gasteiger partial charge in [-0.1, -0.05) is 35.6 Å². The highest BCUT2D eigenvalue weighted by molar-refractivity contribution is 7.09. The molecule has 29 heavy (non-hydrogen) atoms. The van der Waals surface area contributed by atoms with Crippen molar-refractivity contribution in [1.82, 2.24) is 4.98 Å². The molecule has 0 bridgehead atoms. The average Bonchev–Trinajstić information content (AvgIpc) is 3.01. The third-order valence-electron chi connectivity index (χ3n) is 4.54. The smallest absolute Gasteiger partial charge is 0.307 e. The van der Waals surface area contributed by atoms with E-state index in [4.69, 9.17) is 9.47 Å². The monoisotopic (exact) mass is 415 g/mol. The Balaban J connectivity index is 1.51. The van der Waals surface area contributed by atoms with Crippen LogP contribution >= 0.6 is 11.3 Å². The number of hydrogen-bond acceptors (Lipinski definition) is 6. The Labute approximate surface area is 173 Å². The van der Waals surface area contributed by atoms with Crippen molar-refractivity contribution in [3.05, 3.63) is 56.5 Å². The molecule has 0 radical (unpaired) electrons. The van der Waals surface area contributed by atoms with E-state index in [-0.39, 0.29) is 16.7 Å². The number of esters is 1. The van der Waals surface area contributed by atoms with E-state index in [0.717, 1.165) is 52.7 Å². The Morgan fingerprint density at radius 3 is 2.66 bits per heavy atom. The van der Waals surface area contributed by atoms with Crippen LogP contribution < -0.4 is 9.61 Å². The van der Waals surface area contributed by atoms with Gasteiger partial charge >= 0.3 is 10.8 Å². The first-order valence-electron chi connectivity index (χ1n) is 9.77. The number of aromatic amines is 1. The number of aromatic nitrogens is 1. The van der Waals surface area contributed by atoms with Gasteiger partial charge in [-0.15, -0.1) is 0 Å². The van der Waals surface area contributed by atoms with Gasteiger partial charge in [-0.2, -0.15) is 0 Å². The van der Waals surface area contributed by atoms with Crippen LogP contribution in [0.25, 0.3) is 10.8 Å². The number of hydrogen-bond donors (Lipinski definition) is 2. The number of fused-ring (bicyclic) bond motifs is 1. The van der Waals surface area contributed by atoms with E-state index in [9.17, 15) is 14.7 Å². The van der Waals surface area contributed by atoms with E-state index in [1.54, 1.807) is 0 Å². The second kappa shape index (κ2) is 10.1. The predicted molar refractivity (Wildman–Crippen MR) is 114 cm³/mol. The van der Waals surface area contributed by atoms with Gasteiger partial charge in [-0.25, -0.2) is 0 Å². The number of ether oxygens (including phenoxy) is 2. The van der Waals surface area contributed by atoms with Gasteiger partial charge in [-0.3, -0.25) is 14.6 Å². The second-order valence-corrected chi connectivity index (χ2v) is 7.84. The lowest BCUT2D eigenvalue weighted by atomic mass is 10.0. The highest BCUT2D eigenvalue weighted by Gasteiger charge is 2.08. The number of aromatic hydroxyl groups is 1. The van der Waals surface area contributed by atoms with Crippen LogP contribution in [0.4, 0.5) is 0 Å². The van der Waals surface area contributed by atoms with Crippen molar-refractivity contribution in [2.75, 3.05) is 13.2 Å². The summed E-state index contributed by atoms with van der Waals surface area (Å²) in [5.74, 6) is 0.631. The predicted octanol–water partition coefficient (Wildman–Crippen LogP) is 4.39. The maximum atomic E-state index is 11.3. The normalized spacial score (nSPS) is 10.9. The fourth-order valence-corrected chi connectivity index (χ4v) is 3.86. The molecule has 0 atom stereocenters. The maximum Gasteiger partial charge on any atom is 0.307 e. The van der Waals surface area contributed by atoms with E-state index in [0.29, 0.717) is 30.9 Å². The van der Waals surface area contributed by atoms with Crippen molar-refractivity contribution in [3.63, 3.8) is 0 Å². The summed E-state index contributed by atoms with van der Waals surface area (Å²) in [6, 6.07) is 12.0. The zero-order valence-corrected chi connectivity index (χ0v) is 17.2. The van der Waals surface area contributed by atoms with Gasteiger partial charge < -0.3 is 14.6 Å². The number of H-pyrrole nitrogens is 1. The van der Waals surface area contributed by atoms with Crippen molar-refractivity contribution in [2.24, 2.45) is 0 Å². The molecule has 0 aliphatic heterocycles. The molecule has 0 aliphatic rings. The number of carbonyl (C=O) groups is 1. The standard InChI is InChI=1S/C22H25NO5S/c1-2-27-20(24)6-4-3-5-11-28-18-10-9-16-12-15(7-8-17(16)14-18)13-19-21(25)23-22(26)29-19/h7-10,12,14,25H,2-6,11,13H2,1H3,(H,23,26). The van der Waals surface area contributed by atoms with Crippen LogP contribution in [0.5, 0.6) is 11.6 Å². The van der Waals surface area contributed by atoms with Gasteiger partial charge in [0.1, 0.15) is 5.75 Å². The summed E-state index contributed by atoms with van der Waals surface area (Å²) in [6.45, 7) is 2.85. The van der Waals surface area contributed by atoms with Gasteiger partial charge in [0, 0.05) is 12.8 Å².